The van der Waals surface area contributed by atoms with Gasteiger partial charge in [-0.15, -0.1) is 0 Å². The second-order valence-electron chi connectivity index (χ2n) is 2.76. The Morgan fingerprint density at radius 3 is 1.50 bits per heavy atom. The Balaban J connectivity index is 3.55. The third-order valence-corrected chi connectivity index (χ3v) is 0.500. The van der Waals surface area contributed by atoms with Crippen molar-refractivity contribution >= 4 is 6.15 Å². The fourth-order valence-electron chi connectivity index (χ4n) is 0. The van der Waals surface area contributed by atoms with E-state index in [4.69, 9.17) is 6.42 Å². The quantitative estimate of drug-likeness (QED) is 0.306. The lowest BCUT2D eigenvalue weighted by Gasteiger charge is -2.11. The van der Waals surface area contributed by atoms with Crippen molar-refractivity contribution in [1.82, 2.24) is 0 Å². The van der Waals surface area contributed by atoms with E-state index < -0.39 is 6.15 Å². The molecule has 0 nitrogen and oxygen atoms in total. The highest BCUT2D eigenvalue weighted by molar-refractivity contribution is 6.83. The van der Waals surface area contributed by atoms with Crippen LogP contribution in [0.4, 0.5) is 0 Å². The van der Waals surface area contributed by atoms with Gasteiger partial charge in [0.2, 0.25) is 0 Å². The summed E-state index contributed by atoms with van der Waals surface area (Å²) >= 11 is 0. The Hall–Kier alpha value is -0.375. The molecule has 0 aliphatic carbocycles. The van der Waals surface area contributed by atoms with E-state index >= 15 is 0 Å². The van der Waals surface area contributed by atoms with Crippen LogP contribution in [0, 0.1) is 12.2 Å². The van der Waals surface area contributed by atoms with E-state index in [-0.39, 0.29) is 0 Å². The molecule has 0 aliphatic rings. The monoisotopic (exact) mass is 81.1 g/mol. The average Bonchev–Trinajstić information content (AvgIpc) is 1.35. The molecule has 0 aliphatic heterocycles. The molecule has 6 heavy (non-hydrogen) atoms. The molecular formula is C5H10B-. The lowest BCUT2D eigenvalue weighted by atomic mass is 9.31. The lowest BCUT2D eigenvalue weighted by Crippen LogP contribution is -2.15. The minimum Gasteiger partial charge on any atom is -0.319 e. The van der Waals surface area contributed by atoms with Crippen molar-refractivity contribution in [2.45, 2.75) is 20.5 Å². The van der Waals surface area contributed by atoms with E-state index in [9.17, 15) is 0 Å². The van der Waals surface area contributed by atoms with Crippen LogP contribution >= 0.6 is 0 Å². The molecule has 0 aromatic carbocycles. The predicted octanol–water partition coefficient (Wildman–Crippen LogP) is 1.50. The summed E-state index contributed by atoms with van der Waals surface area (Å²) in [6, 6.07) is 0. The van der Waals surface area contributed by atoms with Gasteiger partial charge in [0.15, 0.2) is 0 Å². The van der Waals surface area contributed by atoms with Crippen LogP contribution in [0.2, 0.25) is 20.5 Å². The van der Waals surface area contributed by atoms with E-state index in [0.29, 0.717) is 0 Å². The molecule has 0 N–H and O–H groups in total. The van der Waals surface area contributed by atoms with Crippen molar-refractivity contribution in [2.75, 3.05) is 0 Å². The van der Waals surface area contributed by atoms with Crippen LogP contribution in [0.5, 0.6) is 0 Å². The van der Waals surface area contributed by atoms with Gasteiger partial charge in [-0.05, 0) is 0 Å². The molecule has 0 bridgehead atoms. The van der Waals surface area contributed by atoms with Crippen LogP contribution in [-0.2, 0) is 0 Å². The fraction of sp³-hybridized carbons (Fsp3) is 0.600. The fourth-order valence-corrected chi connectivity index (χ4v) is 0. The smallest absolute Gasteiger partial charge is 0.0620 e. The summed E-state index contributed by atoms with van der Waals surface area (Å²) in [6.45, 7) is 6.21. The molecule has 0 unspecified atom stereocenters. The van der Waals surface area contributed by atoms with Crippen LogP contribution in [0.15, 0.2) is 0 Å². The molecule has 0 rings (SSSR count). The third-order valence-electron chi connectivity index (χ3n) is 0.500. The molecule has 34 valence electrons. The standard InChI is InChI=1S/C5H10B/c1-5-6(2,3)4/h1H,2-4H3/q-1. The summed E-state index contributed by atoms with van der Waals surface area (Å²) in [5.74, 6) is 2.67. The maximum Gasteiger partial charge on any atom is 0.0620 e. The van der Waals surface area contributed by atoms with Crippen molar-refractivity contribution in [3.63, 3.8) is 0 Å². The lowest BCUT2D eigenvalue weighted by molar-refractivity contribution is 1.82. The second kappa shape index (κ2) is 1.38. The SMILES string of the molecule is C#C[B-](C)(C)C. The molecule has 0 aromatic heterocycles. The van der Waals surface area contributed by atoms with Gasteiger partial charge in [-0.3, -0.25) is 0 Å². The van der Waals surface area contributed by atoms with Gasteiger partial charge in [0, 0.05) is 0 Å². The van der Waals surface area contributed by atoms with Gasteiger partial charge in [0.05, 0.1) is 6.15 Å². The molecular weight excluding hydrogens is 70.9 g/mol. The van der Waals surface area contributed by atoms with Gasteiger partial charge in [-0.2, -0.15) is 26.9 Å². The largest absolute Gasteiger partial charge is 0.319 e. The highest BCUT2D eigenvalue weighted by Gasteiger charge is 1.95. The highest BCUT2D eigenvalue weighted by atomic mass is 13.5. The Labute approximate surface area is 39.9 Å². The van der Waals surface area contributed by atoms with E-state index in [2.05, 4.69) is 26.3 Å². The first-order chi connectivity index (χ1) is 2.56. The van der Waals surface area contributed by atoms with Crippen molar-refractivity contribution in [3.8, 4) is 12.2 Å². The Morgan fingerprint density at radius 1 is 1.33 bits per heavy atom. The molecule has 0 aromatic rings. The molecule has 0 saturated heterocycles. The Kier molecular flexibility index (Phi) is 1.30. The molecule has 0 atom stereocenters. The molecule has 1 heteroatoms. The van der Waals surface area contributed by atoms with Gasteiger partial charge in [0.1, 0.15) is 0 Å². The van der Waals surface area contributed by atoms with Crippen molar-refractivity contribution in [2.24, 2.45) is 0 Å². The van der Waals surface area contributed by atoms with Crippen molar-refractivity contribution in [1.29, 1.82) is 0 Å². The van der Waals surface area contributed by atoms with Gasteiger partial charge >= 0.3 is 0 Å². The molecule has 0 heterocycles. The van der Waals surface area contributed by atoms with Crippen LogP contribution in [0.1, 0.15) is 0 Å². The van der Waals surface area contributed by atoms with E-state index in [1.165, 1.54) is 0 Å². The van der Waals surface area contributed by atoms with Gasteiger partial charge < -0.3 is 5.82 Å². The van der Waals surface area contributed by atoms with Crippen molar-refractivity contribution < 1.29 is 0 Å². The Morgan fingerprint density at radius 2 is 1.50 bits per heavy atom. The van der Waals surface area contributed by atoms with Crippen LogP contribution in [0.25, 0.3) is 0 Å². The van der Waals surface area contributed by atoms with Crippen LogP contribution in [-0.4, -0.2) is 6.15 Å². The summed E-state index contributed by atoms with van der Waals surface area (Å²) in [6.07, 6.45) is 4.62. The van der Waals surface area contributed by atoms with E-state index in [0.717, 1.165) is 0 Å². The van der Waals surface area contributed by atoms with Crippen LogP contribution < -0.4 is 0 Å². The maximum absolute atomic E-state index is 5.08. The summed E-state index contributed by atoms with van der Waals surface area (Å²) < 4.78 is 0. The van der Waals surface area contributed by atoms with Gasteiger partial charge in [0.25, 0.3) is 0 Å². The average molecular weight is 80.9 g/mol. The molecule has 0 saturated carbocycles. The minimum absolute atomic E-state index is 0.458. The first-order valence-corrected chi connectivity index (χ1v) is 2.31. The molecule has 0 radical (unpaired) electrons. The van der Waals surface area contributed by atoms with Crippen molar-refractivity contribution in [3.05, 3.63) is 0 Å². The van der Waals surface area contributed by atoms with Gasteiger partial charge in [-0.25, -0.2) is 0 Å². The van der Waals surface area contributed by atoms with Crippen LogP contribution in [0.3, 0.4) is 0 Å². The maximum atomic E-state index is 5.08. The zero-order valence-electron chi connectivity index (χ0n) is 4.65. The zero-order valence-corrected chi connectivity index (χ0v) is 4.65. The van der Waals surface area contributed by atoms with E-state index in [1.54, 1.807) is 0 Å². The highest BCUT2D eigenvalue weighted by Crippen LogP contribution is 1.94. The number of rotatable bonds is 0. The predicted molar refractivity (Wildman–Crippen MR) is 32.2 cm³/mol. The first kappa shape index (κ1) is 5.62. The molecule has 0 spiro atoms. The minimum atomic E-state index is -0.458. The summed E-state index contributed by atoms with van der Waals surface area (Å²) in [5, 5.41) is 0. The number of hydrogen-bond donors (Lipinski definition) is 0. The number of hydrogen-bond acceptors (Lipinski definition) is 0. The topological polar surface area (TPSA) is 0 Å². The summed E-state index contributed by atoms with van der Waals surface area (Å²) in [5.41, 5.74) is 0. The summed E-state index contributed by atoms with van der Waals surface area (Å²) in [4.78, 5) is 0. The second-order valence-corrected chi connectivity index (χ2v) is 2.76. The summed E-state index contributed by atoms with van der Waals surface area (Å²) in [7, 11) is 0. The zero-order chi connectivity index (χ0) is 5.21. The first-order valence-electron chi connectivity index (χ1n) is 2.31. The third kappa shape index (κ3) is 3.62. The molecule has 0 amide bonds. The molecule has 0 fully saturated rings. The Bertz CT molecular complexity index is 70.9. The van der Waals surface area contributed by atoms with E-state index in [1.807, 2.05) is 0 Å². The number of terminal acetylenes is 1. The normalized spacial score (nSPS) is 10.3. The van der Waals surface area contributed by atoms with Gasteiger partial charge in [-0.1, -0.05) is 0 Å².